The summed E-state index contributed by atoms with van der Waals surface area (Å²) >= 11 is 0. The third-order valence-electron chi connectivity index (χ3n) is 2.93. The van der Waals surface area contributed by atoms with Gasteiger partial charge < -0.3 is 0 Å². The Bertz CT molecular complexity index is 906. The van der Waals surface area contributed by atoms with Crippen LogP contribution in [0.3, 0.4) is 0 Å². The number of nitrogens with zero attached hydrogens (tertiary/aromatic N) is 4. The van der Waals surface area contributed by atoms with Gasteiger partial charge in [-0.2, -0.15) is 10.3 Å². The van der Waals surface area contributed by atoms with Crippen molar-refractivity contribution < 1.29 is 4.63 Å². The average Bonchev–Trinajstić information content (AvgIpc) is 2.97. The second-order valence-corrected chi connectivity index (χ2v) is 3.88. The minimum absolute atomic E-state index is 0.412. The van der Waals surface area contributed by atoms with E-state index < -0.39 is 0 Å². The van der Waals surface area contributed by atoms with Crippen molar-refractivity contribution in [1.29, 1.82) is 5.53 Å². The molecular formula is C11H6N6O. The Morgan fingerprint density at radius 3 is 2.78 bits per heavy atom. The normalized spacial score (nSPS) is 11.6. The van der Waals surface area contributed by atoms with E-state index in [4.69, 9.17) is 10.2 Å². The first-order valence-corrected chi connectivity index (χ1v) is 5.28. The van der Waals surface area contributed by atoms with Crippen LogP contribution < -0.4 is 0 Å². The molecule has 0 atom stereocenters. The van der Waals surface area contributed by atoms with Gasteiger partial charge in [-0.15, -0.1) is 0 Å². The highest BCUT2D eigenvalue weighted by Crippen LogP contribution is 2.37. The lowest BCUT2D eigenvalue weighted by atomic mass is 10.2. The topological polar surface area (TPSA) is 104 Å². The molecule has 0 aliphatic rings. The maximum atomic E-state index is 7.30. The molecule has 0 spiro atoms. The molecule has 4 rings (SSSR count). The predicted octanol–water partition coefficient (Wildman–Crippen LogP) is 2.91. The van der Waals surface area contributed by atoms with Crippen LogP contribution in [0.5, 0.6) is 0 Å². The number of aromatic amines is 1. The van der Waals surface area contributed by atoms with Crippen molar-refractivity contribution in [1.82, 2.24) is 20.3 Å². The zero-order valence-electron chi connectivity index (χ0n) is 9.01. The molecule has 0 bridgehead atoms. The van der Waals surface area contributed by atoms with E-state index in [0.717, 1.165) is 10.8 Å². The zero-order chi connectivity index (χ0) is 12.1. The van der Waals surface area contributed by atoms with Crippen LogP contribution in [0.25, 0.3) is 33.1 Å². The summed E-state index contributed by atoms with van der Waals surface area (Å²) in [6, 6.07) is 7.64. The van der Waals surface area contributed by atoms with Crippen LogP contribution >= 0.6 is 0 Å². The summed E-state index contributed by atoms with van der Waals surface area (Å²) in [5, 5.41) is 11.6. The number of nitrogens with one attached hydrogen (secondary N) is 2. The van der Waals surface area contributed by atoms with Gasteiger partial charge in [0, 0.05) is 10.8 Å². The van der Waals surface area contributed by atoms with Crippen molar-refractivity contribution in [3.63, 3.8) is 0 Å². The molecule has 2 heterocycles. The van der Waals surface area contributed by atoms with E-state index in [1.807, 2.05) is 24.3 Å². The van der Waals surface area contributed by atoms with Gasteiger partial charge in [0.05, 0.1) is 0 Å². The van der Waals surface area contributed by atoms with Gasteiger partial charge in [-0.3, -0.25) is 4.63 Å². The molecule has 0 aliphatic carbocycles. The van der Waals surface area contributed by atoms with Gasteiger partial charge in [-0.05, 0) is 5.16 Å². The molecule has 0 radical (unpaired) electrons. The third kappa shape index (κ3) is 1.000. The number of hydrogen-bond donors (Lipinski definition) is 2. The van der Waals surface area contributed by atoms with E-state index >= 15 is 0 Å². The highest BCUT2D eigenvalue weighted by molar-refractivity contribution is 6.18. The maximum Gasteiger partial charge on any atom is 0.241 e. The first-order valence-electron chi connectivity index (χ1n) is 5.28. The number of fused-ring (bicyclic) bond motifs is 4. The van der Waals surface area contributed by atoms with Gasteiger partial charge in [0.25, 0.3) is 0 Å². The van der Waals surface area contributed by atoms with Crippen LogP contribution in [0.4, 0.5) is 5.69 Å². The third-order valence-corrected chi connectivity index (χ3v) is 2.93. The molecule has 4 aromatic rings. The molecule has 0 amide bonds. The molecule has 18 heavy (non-hydrogen) atoms. The standard InChI is InChI=1S/C11H6N6O/c12-15-8-6-4-2-1-3-5(6)7-9(8)14-11-10(13-7)16-18-17-11/h1-4,12H,(H,14,17). The lowest BCUT2D eigenvalue weighted by molar-refractivity contribution is 0.314. The summed E-state index contributed by atoms with van der Waals surface area (Å²) in [5.74, 6) is 0. The highest BCUT2D eigenvalue weighted by Gasteiger charge is 2.16. The van der Waals surface area contributed by atoms with Gasteiger partial charge in [0.1, 0.15) is 16.7 Å². The summed E-state index contributed by atoms with van der Waals surface area (Å²) in [4.78, 5) is 8.75. The van der Waals surface area contributed by atoms with Crippen LogP contribution in [-0.4, -0.2) is 20.3 Å². The van der Waals surface area contributed by atoms with Crippen molar-refractivity contribution in [3.05, 3.63) is 24.3 Å². The van der Waals surface area contributed by atoms with E-state index in [9.17, 15) is 0 Å². The smallest absolute Gasteiger partial charge is 0.241 e. The van der Waals surface area contributed by atoms with Crippen molar-refractivity contribution in [3.8, 4) is 0 Å². The molecular weight excluding hydrogens is 232 g/mol. The van der Waals surface area contributed by atoms with E-state index in [1.165, 1.54) is 0 Å². The van der Waals surface area contributed by atoms with E-state index in [-0.39, 0.29) is 0 Å². The second kappa shape index (κ2) is 3.10. The first kappa shape index (κ1) is 9.23. The predicted molar refractivity (Wildman–Crippen MR) is 63.8 cm³/mol. The van der Waals surface area contributed by atoms with Crippen molar-refractivity contribution in [2.24, 2.45) is 5.11 Å². The van der Waals surface area contributed by atoms with Gasteiger partial charge in [-0.1, -0.05) is 24.3 Å². The SMILES string of the molecule is N=Nc1c2ccccc2c2nc3no[nH]c3nc12. The number of rotatable bonds is 1. The van der Waals surface area contributed by atoms with E-state index in [1.54, 1.807) is 0 Å². The molecule has 2 aromatic heterocycles. The Balaban J connectivity index is 2.36. The molecule has 7 heteroatoms. The molecule has 86 valence electrons. The van der Waals surface area contributed by atoms with Crippen LogP contribution in [0.2, 0.25) is 0 Å². The monoisotopic (exact) mass is 238 g/mol. The fourth-order valence-electron chi connectivity index (χ4n) is 2.16. The molecule has 2 N–H and O–H groups in total. The van der Waals surface area contributed by atoms with Crippen LogP contribution in [0.15, 0.2) is 34.0 Å². The largest absolute Gasteiger partial charge is 0.267 e. The van der Waals surface area contributed by atoms with Crippen LogP contribution in [-0.2, 0) is 0 Å². The van der Waals surface area contributed by atoms with E-state index in [0.29, 0.717) is 28.0 Å². The molecule has 0 saturated heterocycles. The zero-order valence-corrected chi connectivity index (χ0v) is 9.01. The van der Waals surface area contributed by atoms with E-state index in [2.05, 4.69) is 25.4 Å². The second-order valence-electron chi connectivity index (χ2n) is 3.88. The number of H-pyrrole nitrogens is 1. The summed E-state index contributed by atoms with van der Waals surface area (Å²) in [6.45, 7) is 0. The fourth-order valence-corrected chi connectivity index (χ4v) is 2.16. The Kier molecular flexibility index (Phi) is 1.59. The lowest BCUT2D eigenvalue weighted by Crippen LogP contribution is -1.83. The van der Waals surface area contributed by atoms with Crippen LogP contribution in [0, 0.1) is 5.53 Å². The summed E-state index contributed by atoms with van der Waals surface area (Å²) in [6.07, 6.45) is 0. The Labute approximate surface area is 99.3 Å². The lowest BCUT2D eigenvalue weighted by Gasteiger charge is -1.89. The average molecular weight is 238 g/mol. The fraction of sp³-hybridized carbons (Fsp3) is 0. The molecule has 0 aliphatic heterocycles. The minimum atomic E-state index is 0.412. The Morgan fingerprint density at radius 1 is 1.11 bits per heavy atom. The highest BCUT2D eigenvalue weighted by atomic mass is 16.6. The summed E-state index contributed by atoms with van der Waals surface area (Å²) in [7, 11) is 0. The number of aromatic nitrogens is 4. The molecule has 2 aromatic carbocycles. The molecule has 0 fully saturated rings. The Hall–Kier alpha value is -2.83. The quantitative estimate of drug-likeness (QED) is 0.497. The number of hydrogen-bond acceptors (Lipinski definition) is 6. The van der Waals surface area contributed by atoms with Gasteiger partial charge >= 0.3 is 0 Å². The molecule has 0 unspecified atom stereocenters. The molecule has 0 saturated carbocycles. The van der Waals surface area contributed by atoms with Gasteiger partial charge in [0.15, 0.2) is 0 Å². The summed E-state index contributed by atoms with van der Waals surface area (Å²) in [5.41, 5.74) is 9.95. The van der Waals surface area contributed by atoms with Gasteiger partial charge in [-0.25, -0.2) is 15.5 Å². The number of benzene rings is 1. The van der Waals surface area contributed by atoms with Crippen molar-refractivity contribution >= 4 is 38.8 Å². The summed E-state index contributed by atoms with van der Waals surface area (Å²) < 4.78 is 4.71. The van der Waals surface area contributed by atoms with Crippen LogP contribution in [0.1, 0.15) is 0 Å². The minimum Gasteiger partial charge on any atom is -0.267 e. The Morgan fingerprint density at radius 2 is 1.94 bits per heavy atom. The molecule has 7 nitrogen and oxygen atoms in total. The van der Waals surface area contributed by atoms with Crippen molar-refractivity contribution in [2.45, 2.75) is 0 Å². The maximum absolute atomic E-state index is 7.30. The first-order chi connectivity index (χ1) is 8.88. The van der Waals surface area contributed by atoms with Crippen molar-refractivity contribution in [2.75, 3.05) is 0 Å². The van der Waals surface area contributed by atoms with Gasteiger partial charge in [0.2, 0.25) is 11.3 Å².